The Bertz CT molecular complexity index is 865. The van der Waals surface area contributed by atoms with E-state index in [2.05, 4.69) is 11.1 Å². The Morgan fingerprint density at radius 2 is 1.95 bits per heavy atom. The van der Waals surface area contributed by atoms with E-state index in [0.717, 1.165) is 22.3 Å². The summed E-state index contributed by atoms with van der Waals surface area (Å²) in [5, 5.41) is 9.23. The van der Waals surface area contributed by atoms with E-state index in [1.54, 1.807) is 6.07 Å². The number of para-hydroxylation sites is 2. The van der Waals surface area contributed by atoms with Gasteiger partial charge in [-0.2, -0.15) is 5.26 Å². The minimum atomic E-state index is 0.604. The zero-order valence-electron chi connectivity index (χ0n) is 10.3. The summed E-state index contributed by atoms with van der Waals surface area (Å²) in [6, 6.07) is 15.7. The molecular formula is C15H11N3S. The van der Waals surface area contributed by atoms with E-state index in [1.807, 2.05) is 47.9 Å². The van der Waals surface area contributed by atoms with E-state index in [1.165, 1.54) is 0 Å². The number of H-pyrrole nitrogens is 1. The van der Waals surface area contributed by atoms with Crippen molar-refractivity contribution in [3.63, 3.8) is 0 Å². The fraction of sp³-hybridized carbons (Fsp3) is 0.0667. The molecule has 3 rings (SSSR count). The van der Waals surface area contributed by atoms with Crippen molar-refractivity contribution >= 4 is 23.3 Å². The number of hydrogen-bond acceptors (Lipinski definition) is 2. The predicted molar refractivity (Wildman–Crippen MR) is 77.9 cm³/mol. The SMILES string of the molecule is Cc1cccc2c1[nH]c(=S)n2-c1ccccc1C#N. The van der Waals surface area contributed by atoms with Crippen LogP contribution in [-0.4, -0.2) is 9.55 Å². The van der Waals surface area contributed by atoms with Gasteiger partial charge >= 0.3 is 0 Å². The van der Waals surface area contributed by atoms with Gasteiger partial charge in [-0.25, -0.2) is 0 Å². The number of imidazole rings is 1. The van der Waals surface area contributed by atoms with Crippen LogP contribution in [0.2, 0.25) is 0 Å². The van der Waals surface area contributed by atoms with Crippen molar-refractivity contribution < 1.29 is 0 Å². The third-order valence-electron chi connectivity index (χ3n) is 3.19. The summed E-state index contributed by atoms with van der Waals surface area (Å²) >= 11 is 5.40. The van der Waals surface area contributed by atoms with Crippen LogP contribution >= 0.6 is 12.2 Å². The van der Waals surface area contributed by atoms with Crippen LogP contribution in [0, 0.1) is 23.0 Å². The van der Waals surface area contributed by atoms with Crippen LogP contribution in [0.1, 0.15) is 11.1 Å². The Labute approximate surface area is 115 Å². The van der Waals surface area contributed by atoms with E-state index in [0.29, 0.717) is 10.3 Å². The molecule has 0 unspecified atom stereocenters. The lowest BCUT2D eigenvalue weighted by molar-refractivity contribution is 1.06. The van der Waals surface area contributed by atoms with Crippen molar-refractivity contribution in [1.29, 1.82) is 5.26 Å². The molecular weight excluding hydrogens is 254 g/mol. The quantitative estimate of drug-likeness (QED) is 0.679. The number of hydrogen-bond donors (Lipinski definition) is 1. The molecule has 0 radical (unpaired) electrons. The van der Waals surface area contributed by atoms with Crippen LogP contribution < -0.4 is 0 Å². The number of fused-ring (bicyclic) bond motifs is 1. The maximum absolute atomic E-state index is 9.23. The van der Waals surface area contributed by atoms with Gasteiger partial charge in [-0.1, -0.05) is 24.3 Å². The fourth-order valence-corrected chi connectivity index (χ4v) is 2.57. The standard InChI is InChI=1S/C15H11N3S/c1-10-5-4-8-13-14(10)17-15(19)18(13)12-7-3-2-6-11(12)9-16/h2-8H,1H3,(H,17,19). The van der Waals surface area contributed by atoms with Gasteiger partial charge < -0.3 is 4.98 Å². The third kappa shape index (κ3) is 1.76. The second kappa shape index (κ2) is 4.38. The molecule has 3 aromatic rings. The number of nitrogens with one attached hydrogen (secondary N) is 1. The van der Waals surface area contributed by atoms with Gasteiger partial charge in [-0.3, -0.25) is 4.57 Å². The lowest BCUT2D eigenvalue weighted by atomic mass is 10.1. The van der Waals surface area contributed by atoms with E-state index in [9.17, 15) is 5.26 Å². The number of aryl methyl sites for hydroxylation is 1. The molecule has 0 aliphatic heterocycles. The first-order chi connectivity index (χ1) is 9.22. The maximum Gasteiger partial charge on any atom is 0.182 e. The number of benzene rings is 2. The second-order valence-electron chi connectivity index (χ2n) is 4.36. The summed E-state index contributed by atoms with van der Waals surface area (Å²) in [5.41, 5.74) is 4.57. The molecule has 1 heterocycles. The number of rotatable bonds is 1. The summed E-state index contributed by atoms with van der Waals surface area (Å²) in [6.45, 7) is 2.04. The van der Waals surface area contributed by atoms with Gasteiger partial charge in [0.05, 0.1) is 22.3 Å². The molecule has 4 heteroatoms. The maximum atomic E-state index is 9.23. The van der Waals surface area contributed by atoms with E-state index in [-0.39, 0.29) is 0 Å². The normalized spacial score (nSPS) is 10.5. The highest BCUT2D eigenvalue weighted by Crippen LogP contribution is 2.23. The Morgan fingerprint density at radius 1 is 1.16 bits per heavy atom. The molecule has 92 valence electrons. The molecule has 19 heavy (non-hydrogen) atoms. The molecule has 1 N–H and O–H groups in total. The summed E-state index contributed by atoms with van der Waals surface area (Å²) in [4.78, 5) is 3.21. The van der Waals surface area contributed by atoms with Gasteiger partial charge in [0, 0.05) is 0 Å². The Kier molecular flexibility index (Phi) is 2.69. The Balaban J connectivity index is 2.45. The molecule has 0 amide bonds. The molecule has 0 aliphatic rings. The van der Waals surface area contributed by atoms with Crippen molar-refractivity contribution in [3.8, 4) is 11.8 Å². The molecule has 0 fully saturated rings. The van der Waals surface area contributed by atoms with Gasteiger partial charge in [0.2, 0.25) is 0 Å². The molecule has 3 nitrogen and oxygen atoms in total. The molecule has 0 saturated heterocycles. The molecule has 0 bridgehead atoms. The highest BCUT2D eigenvalue weighted by molar-refractivity contribution is 7.71. The third-order valence-corrected chi connectivity index (χ3v) is 3.48. The first-order valence-electron chi connectivity index (χ1n) is 5.92. The largest absolute Gasteiger partial charge is 0.330 e. The van der Waals surface area contributed by atoms with Gasteiger partial charge in [0.25, 0.3) is 0 Å². The van der Waals surface area contributed by atoms with Crippen LogP contribution in [0.5, 0.6) is 0 Å². The van der Waals surface area contributed by atoms with E-state index >= 15 is 0 Å². The van der Waals surface area contributed by atoms with Crippen LogP contribution in [0.15, 0.2) is 42.5 Å². The van der Waals surface area contributed by atoms with Crippen molar-refractivity contribution in [2.45, 2.75) is 6.92 Å². The van der Waals surface area contributed by atoms with E-state index < -0.39 is 0 Å². The monoisotopic (exact) mass is 265 g/mol. The number of aromatic amines is 1. The average molecular weight is 265 g/mol. The minimum Gasteiger partial charge on any atom is -0.330 e. The summed E-state index contributed by atoms with van der Waals surface area (Å²) in [6.07, 6.45) is 0. The number of nitrogens with zero attached hydrogens (tertiary/aromatic N) is 2. The summed E-state index contributed by atoms with van der Waals surface area (Å²) < 4.78 is 2.52. The lowest BCUT2D eigenvalue weighted by Gasteiger charge is -2.06. The van der Waals surface area contributed by atoms with Crippen LogP contribution in [0.25, 0.3) is 16.7 Å². The first kappa shape index (κ1) is 11.7. The van der Waals surface area contributed by atoms with E-state index in [4.69, 9.17) is 12.2 Å². The van der Waals surface area contributed by atoms with Crippen LogP contribution in [0.3, 0.4) is 0 Å². The van der Waals surface area contributed by atoms with Gasteiger partial charge in [0.15, 0.2) is 4.77 Å². The van der Waals surface area contributed by atoms with Crippen molar-refractivity contribution in [2.75, 3.05) is 0 Å². The molecule has 0 aliphatic carbocycles. The predicted octanol–water partition coefficient (Wildman–Crippen LogP) is 3.87. The van der Waals surface area contributed by atoms with Crippen molar-refractivity contribution in [1.82, 2.24) is 9.55 Å². The molecule has 0 saturated carbocycles. The zero-order chi connectivity index (χ0) is 13.4. The van der Waals surface area contributed by atoms with Crippen molar-refractivity contribution in [2.24, 2.45) is 0 Å². The number of aromatic nitrogens is 2. The van der Waals surface area contributed by atoms with Crippen molar-refractivity contribution in [3.05, 3.63) is 58.4 Å². The number of nitriles is 1. The zero-order valence-corrected chi connectivity index (χ0v) is 11.2. The fourth-order valence-electron chi connectivity index (χ4n) is 2.28. The van der Waals surface area contributed by atoms with Gasteiger partial charge in [-0.05, 0) is 42.9 Å². The summed E-state index contributed by atoms with van der Waals surface area (Å²) in [5.74, 6) is 0. The second-order valence-corrected chi connectivity index (χ2v) is 4.75. The highest BCUT2D eigenvalue weighted by Gasteiger charge is 2.10. The molecule has 0 atom stereocenters. The highest BCUT2D eigenvalue weighted by atomic mass is 32.1. The summed E-state index contributed by atoms with van der Waals surface area (Å²) in [7, 11) is 0. The van der Waals surface area contributed by atoms with Crippen LogP contribution in [0.4, 0.5) is 0 Å². The van der Waals surface area contributed by atoms with Crippen LogP contribution in [-0.2, 0) is 0 Å². The minimum absolute atomic E-state index is 0.604. The smallest absolute Gasteiger partial charge is 0.182 e. The molecule has 0 spiro atoms. The van der Waals surface area contributed by atoms with Gasteiger partial charge in [-0.15, -0.1) is 0 Å². The first-order valence-corrected chi connectivity index (χ1v) is 6.33. The Hall–Kier alpha value is -2.38. The molecule has 2 aromatic carbocycles. The lowest BCUT2D eigenvalue weighted by Crippen LogP contribution is -1.97. The average Bonchev–Trinajstić information content (AvgIpc) is 2.76. The van der Waals surface area contributed by atoms with Gasteiger partial charge in [0.1, 0.15) is 6.07 Å². The Morgan fingerprint density at radius 3 is 2.74 bits per heavy atom. The molecule has 1 aromatic heterocycles. The topological polar surface area (TPSA) is 44.5 Å².